The van der Waals surface area contributed by atoms with Crippen LogP contribution < -0.4 is 5.32 Å². The van der Waals surface area contributed by atoms with Crippen molar-refractivity contribution in [2.45, 2.75) is 283 Å². The Labute approximate surface area is 445 Å². The zero-order chi connectivity index (χ0) is 52.9. The van der Waals surface area contributed by atoms with E-state index < -0.39 is 20.0 Å². The summed E-state index contributed by atoms with van der Waals surface area (Å²) in [5.74, 6) is -0.564. The number of ether oxygens (including phenoxy) is 1. The summed E-state index contributed by atoms with van der Waals surface area (Å²) in [4.78, 5) is 37.6. The summed E-state index contributed by atoms with van der Waals surface area (Å²) in [5, 5.41) is 3.02. The van der Waals surface area contributed by atoms with E-state index in [1.54, 1.807) is 0 Å². The molecule has 0 aromatic rings. The number of amides is 1. The third-order valence-corrected chi connectivity index (χ3v) is 14.2. The van der Waals surface area contributed by atoms with Crippen LogP contribution in [0.25, 0.3) is 0 Å². The van der Waals surface area contributed by atoms with Gasteiger partial charge in [0.05, 0.1) is 33.8 Å². The van der Waals surface area contributed by atoms with Gasteiger partial charge in [-0.1, -0.05) is 249 Å². The molecule has 0 spiro atoms. The highest BCUT2D eigenvalue weighted by atomic mass is 31.2. The third kappa shape index (κ3) is 52.6. The van der Waals surface area contributed by atoms with Gasteiger partial charge < -0.3 is 19.4 Å². The molecule has 0 bridgehead atoms. The number of allylic oxidation sites excluding steroid dienone is 9. The topological polar surface area (TPSA) is 111 Å². The summed E-state index contributed by atoms with van der Waals surface area (Å²) in [6, 6.07) is -0.875. The second-order valence-electron chi connectivity index (χ2n) is 21.5. The van der Waals surface area contributed by atoms with Crippen molar-refractivity contribution in [2.75, 3.05) is 40.9 Å². The fourth-order valence-corrected chi connectivity index (χ4v) is 9.26. The molecule has 72 heavy (non-hydrogen) atoms. The number of hydrogen-bond donors (Lipinski definition) is 2. The van der Waals surface area contributed by atoms with E-state index in [1.807, 2.05) is 33.3 Å². The minimum atomic E-state index is -4.46. The molecule has 0 aliphatic carbocycles. The Balaban J connectivity index is 5.37. The highest BCUT2D eigenvalue weighted by Crippen LogP contribution is 2.43. The van der Waals surface area contributed by atoms with E-state index in [0.717, 1.165) is 64.2 Å². The van der Waals surface area contributed by atoms with Crippen molar-refractivity contribution < 1.29 is 37.3 Å². The summed E-state index contributed by atoms with van der Waals surface area (Å²) in [7, 11) is 1.46. The lowest BCUT2D eigenvalue weighted by Gasteiger charge is -2.27. The van der Waals surface area contributed by atoms with Gasteiger partial charge in [-0.3, -0.25) is 18.6 Å². The molecule has 0 saturated carbocycles. The summed E-state index contributed by atoms with van der Waals surface area (Å²) in [6.45, 7) is 6.95. The first-order valence-corrected chi connectivity index (χ1v) is 31.6. The molecule has 9 nitrogen and oxygen atoms in total. The van der Waals surface area contributed by atoms with Gasteiger partial charge in [-0.25, -0.2) is 4.57 Å². The van der Waals surface area contributed by atoms with Crippen LogP contribution in [0.4, 0.5) is 0 Å². The molecule has 0 heterocycles. The van der Waals surface area contributed by atoms with Gasteiger partial charge >= 0.3 is 13.8 Å². The first-order valence-electron chi connectivity index (χ1n) is 30.1. The maximum Gasteiger partial charge on any atom is 0.472 e. The van der Waals surface area contributed by atoms with Gasteiger partial charge in [-0.15, -0.1) is 0 Å². The predicted octanol–water partition coefficient (Wildman–Crippen LogP) is 18.3. The molecule has 3 unspecified atom stereocenters. The smallest absolute Gasteiger partial charge is 0.456 e. The predicted molar refractivity (Wildman–Crippen MR) is 309 cm³/mol. The lowest BCUT2D eigenvalue weighted by molar-refractivity contribution is -0.870. The molecule has 0 aromatic heterocycles. The van der Waals surface area contributed by atoms with E-state index in [1.165, 1.54) is 167 Å². The minimum Gasteiger partial charge on any atom is -0.456 e. The zero-order valence-corrected chi connectivity index (χ0v) is 48.8. The van der Waals surface area contributed by atoms with Gasteiger partial charge in [0.15, 0.2) is 0 Å². The molecular formula is C62H116N2O7P+. The third-order valence-electron chi connectivity index (χ3n) is 13.2. The van der Waals surface area contributed by atoms with E-state index in [4.69, 9.17) is 13.8 Å². The standard InChI is InChI=1S/C62H115N2O7P/c1-7-10-13-16-19-22-25-28-30-32-34-36-39-42-45-48-51-54-61(65)63-59(58-70-72(67,68)69-57-56-64(4,5)6)60(53-50-47-44-41-38-27-24-21-18-15-12-9-3)71-62(66)55-52-49-46-43-40-37-35-33-31-29-26-23-20-17-14-11-8-2/h19,22,28,30,34,36,42,45,50,53,59-60H,7-18,20-21,23-27,29,31-33,35,37-41,43-44,46-49,51-52,54-58H2,1-6H3,(H-,63,65,67,68)/p+1/b22-19-,30-28-,36-34-,45-42-,53-50+. The summed E-state index contributed by atoms with van der Waals surface area (Å²) < 4.78 is 30.6. The average molecular weight is 1030 g/mol. The molecule has 0 aliphatic heterocycles. The van der Waals surface area contributed by atoms with Crippen molar-refractivity contribution in [3.63, 3.8) is 0 Å². The number of unbranched alkanes of at least 4 members (excludes halogenated alkanes) is 30. The molecule has 3 atom stereocenters. The van der Waals surface area contributed by atoms with Crippen LogP contribution in [0, 0.1) is 0 Å². The van der Waals surface area contributed by atoms with Crippen LogP contribution in [0.15, 0.2) is 60.8 Å². The van der Waals surface area contributed by atoms with Crippen LogP contribution in [0.5, 0.6) is 0 Å². The largest absolute Gasteiger partial charge is 0.472 e. The fourth-order valence-electron chi connectivity index (χ4n) is 8.52. The zero-order valence-electron chi connectivity index (χ0n) is 47.9. The molecule has 0 fully saturated rings. The summed E-state index contributed by atoms with van der Waals surface area (Å²) >= 11 is 0. The Bertz CT molecular complexity index is 1420. The van der Waals surface area contributed by atoms with Gasteiger partial charge in [-0.2, -0.15) is 0 Å². The van der Waals surface area contributed by atoms with Crippen LogP contribution in [0.3, 0.4) is 0 Å². The molecule has 0 radical (unpaired) electrons. The van der Waals surface area contributed by atoms with Crippen LogP contribution >= 0.6 is 7.82 Å². The van der Waals surface area contributed by atoms with Crippen molar-refractivity contribution in [3.8, 4) is 0 Å². The monoisotopic (exact) mass is 1030 g/mol. The van der Waals surface area contributed by atoms with Crippen molar-refractivity contribution in [2.24, 2.45) is 0 Å². The van der Waals surface area contributed by atoms with E-state index in [9.17, 15) is 19.0 Å². The van der Waals surface area contributed by atoms with Gasteiger partial charge in [0.25, 0.3) is 0 Å². The van der Waals surface area contributed by atoms with Gasteiger partial charge in [0.2, 0.25) is 5.91 Å². The number of esters is 1. The SMILES string of the molecule is CCCCC/C=C\C/C=C\C/C=C\C/C=C\CCCC(=O)NC(COP(=O)(O)OCC[N+](C)(C)C)C(/C=C/CCCCCCCCCCCC)OC(=O)CCCCCCCCCCCCCCCCCCC. The number of rotatable bonds is 54. The number of nitrogens with one attached hydrogen (secondary N) is 1. The molecule has 0 rings (SSSR count). The van der Waals surface area contributed by atoms with Crippen molar-refractivity contribution in [1.82, 2.24) is 5.32 Å². The number of phosphoric ester groups is 1. The van der Waals surface area contributed by atoms with Crippen molar-refractivity contribution in [1.29, 1.82) is 0 Å². The maximum absolute atomic E-state index is 13.5. The Hall–Kier alpha value is -2.29. The maximum atomic E-state index is 13.5. The van der Waals surface area contributed by atoms with E-state index >= 15 is 0 Å². The van der Waals surface area contributed by atoms with Crippen LogP contribution in [-0.2, 0) is 27.9 Å². The minimum absolute atomic E-state index is 0.0301. The Kier molecular flexibility index (Phi) is 50.5. The Morgan fingerprint density at radius 3 is 1.32 bits per heavy atom. The Morgan fingerprint density at radius 1 is 0.486 bits per heavy atom. The first-order chi connectivity index (χ1) is 34.9. The second-order valence-corrected chi connectivity index (χ2v) is 23.0. The van der Waals surface area contributed by atoms with Crippen molar-refractivity contribution >= 4 is 19.7 Å². The van der Waals surface area contributed by atoms with Gasteiger partial charge in [0.1, 0.15) is 19.3 Å². The van der Waals surface area contributed by atoms with Gasteiger partial charge in [0, 0.05) is 12.8 Å². The summed E-state index contributed by atoms with van der Waals surface area (Å²) in [6.07, 6.45) is 65.1. The highest BCUT2D eigenvalue weighted by Gasteiger charge is 2.30. The molecule has 10 heteroatoms. The van der Waals surface area contributed by atoms with E-state index in [0.29, 0.717) is 17.4 Å². The van der Waals surface area contributed by atoms with E-state index in [-0.39, 0.29) is 37.9 Å². The first kappa shape index (κ1) is 69.7. The second kappa shape index (κ2) is 52.2. The number of nitrogens with zero attached hydrogens (tertiary/aromatic N) is 1. The van der Waals surface area contributed by atoms with E-state index in [2.05, 4.69) is 74.7 Å². The lowest BCUT2D eigenvalue weighted by atomic mass is 10.0. The molecule has 0 saturated heterocycles. The molecule has 2 N–H and O–H groups in total. The van der Waals surface area contributed by atoms with Crippen LogP contribution in [0.1, 0.15) is 271 Å². The fraction of sp³-hybridized carbons (Fsp3) is 0.806. The number of phosphoric acid groups is 1. The molecular weight excluding hydrogens is 916 g/mol. The number of carbonyl (C=O) groups is 2. The summed E-state index contributed by atoms with van der Waals surface area (Å²) in [5.41, 5.74) is 0. The van der Waals surface area contributed by atoms with Crippen LogP contribution in [0.2, 0.25) is 0 Å². The molecule has 0 aliphatic rings. The normalized spacial score (nSPS) is 14.2. The van der Waals surface area contributed by atoms with Gasteiger partial charge in [-0.05, 0) is 70.3 Å². The molecule has 0 aromatic carbocycles. The Morgan fingerprint density at radius 2 is 0.861 bits per heavy atom. The number of hydrogen-bond acceptors (Lipinski definition) is 6. The average Bonchev–Trinajstić information content (AvgIpc) is 3.34. The highest BCUT2D eigenvalue weighted by molar-refractivity contribution is 7.47. The number of carbonyl (C=O) groups excluding carboxylic acids is 2. The van der Waals surface area contributed by atoms with Crippen LogP contribution in [-0.4, -0.2) is 74.3 Å². The lowest BCUT2D eigenvalue weighted by Crippen LogP contribution is -2.47. The molecule has 1 amide bonds. The van der Waals surface area contributed by atoms with Crippen molar-refractivity contribution in [3.05, 3.63) is 60.8 Å². The quantitative estimate of drug-likeness (QED) is 0.0205. The number of likely N-dealkylation sites (N-methyl/N-ethyl adjacent to an activating group) is 1. The number of quaternary nitrogens is 1. The molecule has 420 valence electrons.